The summed E-state index contributed by atoms with van der Waals surface area (Å²) in [4.78, 5) is 27.8. The molecule has 0 spiro atoms. The van der Waals surface area contributed by atoms with E-state index in [0.717, 1.165) is 27.9 Å². The van der Waals surface area contributed by atoms with Crippen molar-refractivity contribution in [3.8, 4) is 5.95 Å². The summed E-state index contributed by atoms with van der Waals surface area (Å²) in [7, 11) is 1.91. The molecule has 0 saturated carbocycles. The highest BCUT2D eigenvalue weighted by Crippen LogP contribution is 2.40. The number of amides is 1. The largest absolute Gasteiger partial charge is 0.311 e. The SMILES string of the molecule is Cc1nn(-c2nc3ccccc3n2C)c2c1[C@H](c1ccc([N+](=O)[O-])cc1)CC(=O)N2. The molecule has 9 heteroatoms. The number of hydrogen-bond donors (Lipinski definition) is 1. The zero-order chi connectivity index (χ0) is 21.0. The smallest absolute Gasteiger partial charge is 0.269 e. The molecule has 3 heterocycles. The van der Waals surface area contributed by atoms with E-state index in [2.05, 4.69) is 10.4 Å². The molecule has 2 aromatic heterocycles. The summed E-state index contributed by atoms with van der Waals surface area (Å²) in [5, 5.41) is 18.6. The van der Waals surface area contributed by atoms with E-state index in [4.69, 9.17) is 4.98 Å². The first-order valence-electron chi connectivity index (χ1n) is 9.49. The fourth-order valence-electron chi connectivity index (χ4n) is 4.13. The van der Waals surface area contributed by atoms with Crippen LogP contribution in [0.1, 0.15) is 29.2 Å². The van der Waals surface area contributed by atoms with Crippen molar-refractivity contribution in [2.24, 2.45) is 7.05 Å². The molecule has 1 aliphatic heterocycles. The molecular weight excluding hydrogens is 384 g/mol. The van der Waals surface area contributed by atoms with Gasteiger partial charge in [-0.3, -0.25) is 14.9 Å². The average molecular weight is 402 g/mol. The number of nitro benzene ring substituents is 1. The Morgan fingerprint density at radius 3 is 2.60 bits per heavy atom. The number of carbonyl (C=O) groups is 1. The first kappa shape index (κ1) is 18.0. The number of anilines is 1. The molecule has 150 valence electrons. The van der Waals surface area contributed by atoms with Gasteiger partial charge in [0.25, 0.3) is 5.69 Å². The first-order chi connectivity index (χ1) is 14.4. The Balaban J connectivity index is 1.66. The summed E-state index contributed by atoms with van der Waals surface area (Å²) in [6.07, 6.45) is 0.250. The Morgan fingerprint density at radius 2 is 1.90 bits per heavy atom. The molecule has 1 atom stereocenters. The highest BCUT2D eigenvalue weighted by Gasteiger charge is 2.33. The summed E-state index contributed by atoms with van der Waals surface area (Å²) in [5.74, 6) is 0.819. The number of fused-ring (bicyclic) bond motifs is 2. The van der Waals surface area contributed by atoms with Gasteiger partial charge < -0.3 is 9.88 Å². The van der Waals surface area contributed by atoms with Crippen LogP contribution < -0.4 is 5.32 Å². The summed E-state index contributed by atoms with van der Waals surface area (Å²) in [5.41, 5.74) is 4.33. The summed E-state index contributed by atoms with van der Waals surface area (Å²) in [6.45, 7) is 1.90. The minimum absolute atomic E-state index is 0.0198. The lowest BCUT2D eigenvalue weighted by atomic mass is 9.86. The van der Waals surface area contributed by atoms with Gasteiger partial charge in [-0.1, -0.05) is 24.3 Å². The van der Waals surface area contributed by atoms with Crippen LogP contribution in [0.2, 0.25) is 0 Å². The first-order valence-corrected chi connectivity index (χ1v) is 9.49. The van der Waals surface area contributed by atoms with Gasteiger partial charge in [0.05, 0.1) is 21.7 Å². The number of hydrogen-bond acceptors (Lipinski definition) is 5. The predicted molar refractivity (Wildman–Crippen MR) is 111 cm³/mol. The van der Waals surface area contributed by atoms with Crippen LogP contribution in [0, 0.1) is 17.0 Å². The third-order valence-corrected chi connectivity index (χ3v) is 5.56. The monoisotopic (exact) mass is 402 g/mol. The molecule has 2 aromatic carbocycles. The van der Waals surface area contributed by atoms with Crippen LogP contribution in [-0.4, -0.2) is 30.2 Å². The Kier molecular flexibility index (Phi) is 3.92. The number of aromatic nitrogens is 4. The number of benzene rings is 2. The van der Waals surface area contributed by atoms with E-state index >= 15 is 0 Å². The van der Waals surface area contributed by atoms with Crippen LogP contribution in [-0.2, 0) is 11.8 Å². The third kappa shape index (κ3) is 2.66. The highest BCUT2D eigenvalue weighted by atomic mass is 16.6. The number of non-ortho nitro benzene ring substituents is 1. The Hall–Kier alpha value is -4.01. The van der Waals surface area contributed by atoms with Gasteiger partial charge in [-0.25, -0.2) is 4.98 Å². The number of nitrogens with one attached hydrogen (secondary N) is 1. The van der Waals surface area contributed by atoms with E-state index in [1.54, 1.807) is 16.8 Å². The standard InChI is InChI=1S/C21H18N6O3/c1-12-19-15(13-7-9-14(10-8-13)27(29)30)11-18(28)23-20(19)26(24-12)21-22-16-5-3-4-6-17(16)25(21)2/h3-10,15H,11H2,1-2H3,(H,23,28)/t15-/m0/s1. The Morgan fingerprint density at radius 1 is 1.17 bits per heavy atom. The fourth-order valence-corrected chi connectivity index (χ4v) is 4.13. The topological polar surface area (TPSA) is 108 Å². The van der Waals surface area contributed by atoms with Gasteiger partial charge >= 0.3 is 0 Å². The molecule has 1 aliphatic rings. The second-order valence-corrected chi connectivity index (χ2v) is 7.37. The van der Waals surface area contributed by atoms with Crippen LogP contribution in [0.15, 0.2) is 48.5 Å². The maximum Gasteiger partial charge on any atom is 0.269 e. The van der Waals surface area contributed by atoms with Crippen LogP contribution in [0.3, 0.4) is 0 Å². The maximum atomic E-state index is 12.5. The van der Waals surface area contributed by atoms with Gasteiger partial charge in [0.15, 0.2) is 0 Å². The average Bonchev–Trinajstić information content (AvgIpc) is 3.24. The van der Waals surface area contributed by atoms with E-state index in [-0.39, 0.29) is 23.9 Å². The number of aryl methyl sites for hydroxylation is 2. The lowest BCUT2D eigenvalue weighted by Gasteiger charge is -2.24. The number of nitrogens with zero attached hydrogens (tertiary/aromatic N) is 5. The van der Waals surface area contributed by atoms with Gasteiger partial charge in [-0.2, -0.15) is 9.78 Å². The van der Waals surface area contributed by atoms with E-state index in [0.29, 0.717) is 11.8 Å². The van der Waals surface area contributed by atoms with Gasteiger partial charge in [0, 0.05) is 37.1 Å². The number of carbonyl (C=O) groups excluding carboxylic acids is 1. The Bertz CT molecular complexity index is 1320. The zero-order valence-electron chi connectivity index (χ0n) is 16.4. The van der Waals surface area contributed by atoms with Gasteiger partial charge in [0.2, 0.25) is 11.9 Å². The van der Waals surface area contributed by atoms with Crippen molar-refractivity contribution in [3.63, 3.8) is 0 Å². The van der Waals surface area contributed by atoms with Crippen molar-refractivity contribution < 1.29 is 9.72 Å². The molecule has 0 radical (unpaired) electrons. The van der Waals surface area contributed by atoms with Crippen molar-refractivity contribution in [2.75, 3.05) is 5.32 Å². The fraction of sp³-hybridized carbons (Fsp3) is 0.190. The van der Waals surface area contributed by atoms with Crippen LogP contribution >= 0.6 is 0 Å². The van der Waals surface area contributed by atoms with E-state index < -0.39 is 4.92 Å². The maximum absolute atomic E-state index is 12.5. The minimum Gasteiger partial charge on any atom is -0.311 e. The van der Waals surface area contributed by atoms with Gasteiger partial charge in [-0.05, 0) is 24.6 Å². The van der Waals surface area contributed by atoms with E-state index in [1.807, 2.05) is 42.8 Å². The van der Waals surface area contributed by atoms with Gasteiger partial charge in [-0.15, -0.1) is 0 Å². The van der Waals surface area contributed by atoms with Crippen LogP contribution in [0.5, 0.6) is 0 Å². The number of para-hydroxylation sites is 2. The predicted octanol–water partition coefficient (Wildman–Crippen LogP) is 3.45. The van der Waals surface area contributed by atoms with E-state index in [9.17, 15) is 14.9 Å². The molecule has 1 N–H and O–H groups in total. The summed E-state index contributed by atoms with van der Waals surface area (Å²) >= 11 is 0. The normalized spacial score (nSPS) is 15.8. The Labute approximate surface area is 171 Å². The number of nitro groups is 1. The quantitative estimate of drug-likeness (QED) is 0.417. The molecule has 0 unspecified atom stereocenters. The van der Waals surface area contributed by atoms with Crippen molar-refractivity contribution >= 4 is 28.4 Å². The lowest BCUT2D eigenvalue weighted by molar-refractivity contribution is -0.384. The van der Waals surface area contributed by atoms with Crippen molar-refractivity contribution in [1.82, 2.24) is 19.3 Å². The molecule has 0 bridgehead atoms. The molecule has 9 nitrogen and oxygen atoms in total. The zero-order valence-corrected chi connectivity index (χ0v) is 16.4. The van der Waals surface area contributed by atoms with Crippen LogP contribution in [0.25, 0.3) is 17.0 Å². The lowest BCUT2D eigenvalue weighted by Crippen LogP contribution is -2.25. The molecule has 5 rings (SSSR count). The molecule has 0 aliphatic carbocycles. The van der Waals surface area contributed by atoms with E-state index in [1.165, 1.54) is 12.1 Å². The molecular formula is C21H18N6O3. The molecule has 4 aromatic rings. The minimum atomic E-state index is -0.433. The summed E-state index contributed by atoms with van der Waals surface area (Å²) < 4.78 is 3.60. The van der Waals surface area contributed by atoms with Crippen LogP contribution in [0.4, 0.5) is 11.5 Å². The molecule has 30 heavy (non-hydrogen) atoms. The molecule has 0 saturated heterocycles. The van der Waals surface area contributed by atoms with Crippen molar-refractivity contribution in [2.45, 2.75) is 19.3 Å². The summed E-state index contributed by atoms with van der Waals surface area (Å²) in [6, 6.07) is 14.1. The van der Waals surface area contributed by atoms with Gasteiger partial charge in [0.1, 0.15) is 5.82 Å². The molecule has 0 fully saturated rings. The second kappa shape index (κ2) is 6.51. The number of rotatable bonds is 3. The molecule has 1 amide bonds. The second-order valence-electron chi connectivity index (χ2n) is 7.37. The third-order valence-electron chi connectivity index (χ3n) is 5.56. The van der Waals surface area contributed by atoms with Crippen molar-refractivity contribution in [3.05, 3.63) is 75.5 Å². The van der Waals surface area contributed by atoms with Crippen molar-refractivity contribution in [1.29, 1.82) is 0 Å². The number of imidazole rings is 1. The highest BCUT2D eigenvalue weighted by molar-refractivity contribution is 5.95.